The third-order valence-corrected chi connectivity index (χ3v) is 4.96. The summed E-state index contributed by atoms with van der Waals surface area (Å²) in [6.07, 6.45) is 0. The molecule has 0 bridgehead atoms. The molecule has 0 aliphatic carbocycles. The van der Waals surface area contributed by atoms with Gasteiger partial charge in [-0.2, -0.15) is 4.68 Å². The highest BCUT2D eigenvalue weighted by molar-refractivity contribution is 9.10. The number of hydrogen-bond donors (Lipinski definition) is 0. The standard InChI is InChI=1S/C18H16BrFN6O/c19-13-6-7-15(16(20)12-13)17(27)24-8-10-25(11-9-24)18-21-22-23-26(18)14-4-2-1-3-5-14/h1-7,12H,8-11H2. The van der Waals surface area contributed by atoms with E-state index >= 15 is 0 Å². The van der Waals surface area contributed by atoms with Crippen molar-refractivity contribution in [2.45, 2.75) is 0 Å². The van der Waals surface area contributed by atoms with Crippen LogP contribution in [0.3, 0.4) is 0 Å². The van der Waals surface area contributed by atoms with Crippen molar-refractivity contribution in [2.75, 3.05) is 31.1 Å². The molecule has 1 aromatic heterocycles. The molecule has 0 unspecified atom stereocenters. The van der Waals surface area contributed by atoms with Crippen LogP contribution < -0.4 is 4.90 Å². The number of amides is 1. The maximum Gasteiger partial charge on any atom is 0.256 e. The van der Waals surface area contributed by atoms with Gasteiger partial charge < -0.3 is 9.80 Å². The third kappa shape index (κ3) is 3.55. The summed E-state index contributed by atoms with van der Waals surface area (Å²) < 4.78 is 16.4. The van der Waals surface area contributed by atoms with Gasteiger partial charge >= 0.3 is 0 Å². The summed E-state index contributed by atoms with van der Waals surface area (Å²) in [6.45, 7) is 2.07. The minimum absolute atomic E-state index is 0.0840. The molecule has 138 valence electrons. The van der Waals surface area contributed by atoms with Gasteiger partial charge in [-0.05, 0) is 40.8 Å². The van der Waals surface area contributed by atoms with E-state index in [0.717, 1.165) is 5.69 Å². The summed E-state index contributed by atoms with van der Waals surface area (Å²) in [5.41, 5.74) is 0.953. The molecule has 1 fully saturated rings. The summed E-state index contributed by atoms with van der Waals surface area (Å²) in [7, 11) is 0. The minimum Gasteiger partial charge on any atom is -0.336 e. The van der Waals surface area contributed by atoms with Crippen LogP contribution in [0.25, 0.3) is 5.69 Å². The maximum absolute atomic E-state index is 14.1. The molecule has 0 N–H and O–H groups in total. The van der Waals surface area contributed by atoms with Crippen LogP contribution in [0.15, 0.2) is 53.0 Å². The number of carbonyl (C=O) groups is 1. The average molecular weight is 431 g/mol. The summed E-state index contributed by atoms with van der Waals surface area (Å²) in [6, 6.07) is 14.1. The molecule has 1 aliphatic rings. The Hall–Kier alpha value is -2.81. The molecule has 2 heterocycles. The van der Waals surface area contributed by atoms with E-state index in [2.05, 4.69) is 31.5 Å². The molecule has 0 spiro atoms. The molecule has 0 radical (unpaired) electrons. The van der Waals surface area contributed by atoms with Gasteiger partial charge in [0.05, 0.1) is 11.3 Å². The zero-order chi connectivity index (χ0) is 18.8. The third-order valence-electron chi connectivity index (χ3n) is 4.47. The zero-order valence-electron chi connectivity index (χ0n) is 14.3. The van der Waals surface area contributed by atoms with Crippen LogP contribution in [0.4, 0.5) is 10.3 Å². The highest BCUT2D eigenvalue weighted by Gasteiger charge is 2.26. The van der Waals surface area contributed by atoms with E-state index in [1.807, 2.05) is 35.2 Å². The fourth-order valence-electron chi connectivity index (χ4n) is 3.06. The summed E-state index contributed by atoms with van der Waals surface area (Å²) in [5, 5.41) is 12.0. The molecule has 9 heteroatoms. The van der Waals surface area contributed by atoms with Crippen molar-refractivity contribution >= 4 is 27.8 Å². The normalized spacial score (nSPS) is 14.4. The van der Waals surface area contributed by atoms with E-state index in [1.165, 1.54) is 12.1 Å². The van der Waals surface area contributed by atoms with Gasteiger partial charge in [0.15, 0.2) is 0 Å². The van der Waals surface area contributed by atoms with Crippen molar-refractivity contribution in [1.29, 1.82) is 0 Å². The quantitative estimate of drug-likeness (QED) is 0.638. The van der Waals surface area contributed by atoms with Crippen LogP contribution in [0.5, 0.6) is 0 Å². The minimum atomic E-state index is -0.523. The van der Waals surface area contributed by atoms with Gasteiger partial charge in [-0.15, -0.1) is 0 Å². The van der Waals surface area contributed by atoms with E-state index in [0.29, 0.717) is 36.6 Å². The second kappa shape index (κ2) is 7.43. The maximum atomic E-state index is 14.1. The molecule has 1 saturated heterocycles. The lowest BCUT2D eigenvalue weighted by Crippen LogP contribution is -2.49. The molecular weight excluding hydrogens is 415 g/mol. The average Bonchev–Trinajstić information content (AvgIpc) is 3.18. The molecular formula is C18H16BrFN6O. The molecule has 3 aromatic rings. The van der Waals surface area contributed by atoms with E-state index in [9.17, 15) is 9.18 Å². The van der Waals surface area contributed by atoms with Gasteiger partial charge in [-0.1, -0.05) is 39.2 Å². The van der Waals surface area contributed by atoms with E-state index in [1.54, 1.807) is 15.6 Å². The fourth-order valence-corrected chi connectivity index (χ4v) is 3.39. The summed E-state index contributed by atoms with van der Waals surface area (Å²) in [4.78, 5) is 16.3. The van der Waals surface area contributed by atoms with Crippen molar-refractivity contribution < 1.29 is 9.18 Å². The van der Waals surface area contributed by atoms with Gasteiger partial charge in [0.1, 0.15) is 5.82 Å². The number of carbonyl (C=O) groups excluding carboxylic acids is 1. The Morgan fingerprint density at radius 2 is 1.78 bits per heavy atom. The number of anilines is 1. The number of benzene rings is 2. The van der Waals surface area contributed by atoms with E-state index < -0.39 is 5.82 Å². The van der Waals surface area contributed by atoms with Crippen LogP contribution in [0, 0.1) is 5.82 Å². The highest BCUT2D eigenvalue weighted by Crippen LogP contribution is 2.20. The van der Waals surface area contributed by atoms with Crippen LogP contribution in [-0.2, 0) is 0 Å². The van der Waals surface area contributed by atoms with Gasteiger partial charge in [0.2, 0.25) is 5.95 Å². The number of nitrogens with zero attached hydrogens (tertiary/aromatic N) is 6. The van der Waals surface area contributed by atoms with Crippen molar-refractivity contribution in [3.8, 4) is 5.69 Å². The number of tetrazole rings is 1. The number of piperazine rings is 1. The van der Waals surface area contributed by atoms with Crippen LogP contribution in [0.1, 0.15) is 10.4 Å². The Morgan fingerprint density at radius 1 is 1.04 bits per heavy atom. The first-order chi connectivity index (χ1) is 13.1. The Kier molecular flexibility index (Phi) is 4.85. The second-order valence-electron chi connectivity index (χ2n) is 6.13. The molecule has 1 amide bonds. The molecule has 4 rings (SSSR count). The monoisotopic (exact) mass is 430 g/mol. The van der Waals surface area contributed by atoms with Gasteiger partial charge in [-0.3, -0.25) is 4.79 Å². The Bertz CT molecular complexity index is 955. The van der Waals surface area contributed by atoms with E-state index in [4.69, 9.17) is 0 Å². The number of aromatic nitrogens is 4. The molecule has 0 saturated carbocycles. The first kappa shape index (κ1) is 17.6. The lowest BCUT2D eigenvalue weighted by molar-refractivity contribution is 0.0741. The predicted molar refractivity (Wildman–Crippen MR) is 101 cm³/mol. The smallest absolute Gasteiger partial charge is 0.256 e. The first-order valence-electron chi connectivity index (χ1n) is 8.46. The van der Waals surface area contributed by atoms with Gasteiger partial charge in [0, 0.05) is 30.7 Å². The molecule has 1 aliphatic heterocycles. The lowest BCUT2D eigenvalue weighted by Gasteiger charge is -2.34. The van der Waals surface area contributed by atoms with Crippen molar-refractivity contribution in [2.24, 2.45) is 0 Å². The SMILES string of the molecule is O=C(c1ccc(Br)cc1F)N1CCN(c2nnnn2-c2ccccc2)CC1. The first-order valence-corrected chi connectivity index (χ1v) is 9.26. The molecule has 27 heavy (non-hydrogen) atoms. The number of para-hydroxylation sites is 1. The summed E-state index contributed by atoms with van der Waals surface area (Å²) in [5.74, 6) is -0.199. The highest BCUT2D eigenvalue weighted by atomic mass is 79.9. The largest absolute Gasteiger partial charge is 0.336 e. The lowest BCUT2D eigenvalue weighted by atomic mass is 10.1. The Morgan fingerprint density at radius 3 is 2.48 bits per heavy atom. The van der Waals surface area contributed by atoms with Crippen molar-refractivity contribution in [3.63, 3.8) is 0 Å². The van der Waals surface area contributed by atoms with Crippen molar-refractivity contribution in [1.82, 2.24) is 25.1 Å². The predicted octanol–water partition coefficient (Wildman–Crippen LogP) is 2.53. The van der Waals surface area contributed by atoms with Gasteiger partial charge in [-0.25, -0.2) is 4.39 Å². The molecule has 7 nitrogen and oxygen atoms in total. The molecule has 2 aromatic carbocycles. The van der Waals surface area contributed by atoms with Crippen LogP contribution >= 0.6 is 15.9 Å². The zero-order valence-corrected chi connectivity index (χ0v) is 15.9. The molecule has 0 atom stereocenters. The van der Waals surface area contributed by atoms with Crippen LogP contribution in [-0.4, -0.2) is 57.2 Å². The van der Waals surface area contributed by atoms with Crippen molar-refractivity contribution in [3.05, 3.63) is 64.4 Å². The Labute approximate surface area is 163 Å². The van der Waals surface area contributed by atoms with Gasteiger partial charge in [0.25, 0.3) is 5.91 Å². The Balaban J connectivity index is 1.47. The van der Waals surface area contributed by atoms with E-state index in [-0.39, 0.29) is 11.5 Å². The number of halogens is 2. The summed E-state index contributed by atoms with van der Waals surface area (Å²) >= 11 is 3.20. The van der Waals surface area contributed by atoms with Crippen LogP contribution in [0.2, 0.25) is 0 Å². The number of rotatable bonds is 3. The topological polar surface area (TPSA) is 67.2 Å². The fraction of sp³-hybridized carbons (Fsp3) is 0.222. The number of hydrogen-bond acceptors (Lipinski definition) is 5. The second-order valence-corrected chi connectivity index (χ2v) is 7.05.